The molecule has 0 bridgehead atoms. The van der Waals surface area contributed by atoms with Crippen LogP contribution in [0.15, 0.2) is 54.7 Å². The van der Waals surface area contributed by atoms with E-state index in [2.05, 4.69) is 0 Å². The van der Waals surface area contributed by atoms with Crippen LogP contribution in [-0.2, 0) is 16.6 Å². The van der Waals surface area contributed by atoms with Crippen molar-refractivity contribution in [2.24, 2.45) is 7.05 Å². The van der Waals surface area contributed by atoms with Crippen molar-refractivity contribution >= 4 is 34.1 Å². The number of hydrogen-bond donors (Lipinski definition) is 0. The van der Waals surface area contributed by atoms with Crippen LogP contribution >= 0.6 is 0 Å². The molecule has 1 aromatic heterocycles. The molecule has 4 rings (SSSR count). The van der Waals surface area contributed by atoms with E-state index < -0.39 is 10.8 Å². The van der Waals surface area contributed by atoms with E-state index in [0.29, 0.717) is 0 Å². The molecule has 1 unspecified atom stereocenters. The molecule has 0 radical (unpaired) electrons. The number of aryl methyl sites for hydroxylation is 1. The van der Waals surface area contributed by atoms with Crippen LogP contribution in [0.4, 0.5) is 11.4 Å². The largest absolute Gasteiger partial charge is 0.350 e. The van der Waals surface area contributed by atoms with Gasteiger partial charge in [-0.25, -0.2) is 4.90 Å². The van der Waals surface area contributed by atoms with Crippen LogP contribution in [0.3, 0.4) is 0 Å². The number of non-ortho nitro benzene ring substituents is 1. The van der Waals surface area contributed by atoms with Gasteiger partial charge in [-0.05, 0) is 17.7 Å². The second kappa shape index (κ2) is 5.80. The summed E-state index contributed by atoms with van der Waals surface area (Å²) in [5, 5.41) is 11.9. The lowest BCUT2D eigenvalue weighted by Gasteiger charge is -2.14. The number of carbonyl (C=O) groups is 2. The first-order chi connectivity index (χ1) is 12.5. The van der Waals surface area contributed by atoms with Crippen LogP contribution in [0, 0.1) is 10.1 Å². The van der Waals surface area contributed by atoms with Gasteiger partial charge in [0.25, 0.3) is 5.69 Å². The molecule has 7 heteroatoms. The Balaban J connectivity index is 1.76. The first-order valence-electron chi connectivity index (χ1n) is 8.12. The second-order valence-electron chi connectivity index (χ2n) is 6.31. The molecule has 2 aromatic carbocycles. The van der Waals surface area contributed by atoms with Gasteiger partial charge in [-0.15, -0.1) is 0 Å². The molecule has 3 aromatic rings. The predicted octanol–water partition coefficient (Wildman–Crippen LogP) is 3.13. The minimum atomic E-state index is -0.590. The zero-order chi connectivity index (χ0) is 18.4. The van der Waals surface area contributed by atoms with E-state index in [0.717, 1.165) is 21.4 Å². The Morgan fingerprint density at radius 3 is 2.65 bits per heavy atom. The molecule has 130 valence electrons. The third-order valence-corrected chi connectivity index (χ3v) is 4.75. The first kappa shape index (κ1) is 16.0. The minimum Gasteiger partial charge on any atom is -0.350 e. The molecular weight excluding hydrogens is 334 g/mol. The summed E-state index contributed by atoms with van der Waals surface area (Å²) in [6.07, 6.45) is 1.92. The number of fused-ring (bicyclic) bond motifs is 1. The van der Waals surface area contributed by atoms with E-state index in [1.165, 1.54) is 24.3 Å². The summed E-state index contributed by atoms with van der Waals surface area (Å²) < 4.78 is 1.93. The standard InChI is InChI=1S/C19H15N3O4/c1-20-11-16(14-7-2-3-8-17(14)20)15-10-18(23)21(19(15)24)12-5-4-6-13(9-12)22(25)26/h2-9,11,15H,10H2,1H3. The zero-order valence-corrected chi connectivity index (χ0v) is 14.0. The fourth-order valence-electron chi connectivity index (χ4n) is 3.54. The summed E-state index contributed by atoms with van der Waals surface area (Å²) in [5.74, 6) is -1.30. The van der Waals surface area contributed by atoms with Crippen molar-refractivity contribution in [3.05, 3.63) is 70.4 Å². The Labute approximate surface area is 148 Å². The zero-order valence-electron chi connectivity index (χ0n) is 14.0. The summed E-state index contributed by atoms with van der Waals surface area (Å²) in [6.45, 7) is 0. The summed E-state index contributed by atoms with van der Waals surface area (Å²) in [7, 11) is 1.89. The normalized spacial score (nSPS) is 17.3. The van der Waals surface area contributed by atoms with Gasteiger partial charge in [-0.1, -0.05) is 24.3 Å². The third-order valence-electron chi connectivity index (χ3n) is 4.75. The molecule has 2 heterocycles. The molecule has 1 saturated heterocycles. The summed E-state index contributed by atoms with van der Waals surface area (Å²) in [4.78, 5) is 37.0. The molecule has 0 aliphatic carbocycles. The van der Waals surface area contributed by atoms with Crippen molar-refractivity contribution in [1.29, 1.82) is 0 Å². The second-order valence-corrected chi connectivity index (χ2v) is 6.31. The number of rotatable bonds is 3. The number of carbonyl (C=O) groups excluding carboxylic acids is 2. The van der Waals surface area contributed by atoms with E-state index in [1.807, 2.05) is 42.1 Å². The van der Waals surface area contributed by atoms with Gasteiger partial charge in [0.2, 0.25) is 11.8 Å². The Bertz CT molecular complexity index is 1070. The van der Waals surface area contributed by atoms with Gasteiger partial charge in [0, 0.05) is 42.7 Å². The SMILES string of the molecule is Cn1cc(C2CC(=O)N(c3cccc([N+](=O)[O-])c3)C2=O)c2ccccc21. The van der Waals surface area contributed by atoms with E-state index in [9.17, 15) is 19.7 Å². The maximum absolute atomic E-state index is 13.0. The molecule has 1 fully saturated rings. The number of imide groups is 1. The molecule has 0 spiro atoms. The quantitative estimate of drug-likeness (QED) is 0.413. The lowest BCUT2D eigenvalue weighted by Crippen LogP contribution is -2.30. The highest BCUT2D eigenvalue weighted by Crippen LogP contribution is 2.37. The lowest BCUT2D eigenvalue weighted by molar-refractivity contribution is -0.384. The average molecular weight is 349 g/mol. The number of para-hydroxylation sites is 1. The van der Waals surface area contributed by atoms with Crippen LogP contribution in [-0.4, -0.2) is 21.3 Å². The van der Waals surface area contributed by atoms with Gasteiger partial charge in [-0.2, -0.15) is 0 Å². The smallest absolute Gasteiger partial charge is 0.271 e. The van der Waals surface area contributed by atoms with Crippen molar-refractivity contribution in [2.75, 3.05) is 4.90 Å². The highest BCUT2D eigenvalue weighted by atomic mass is 16.6. The molecule has 1 atom stereocenters. The first-order valence-corrected chi connectivity index (χ1v) is 8.12. The van der Waals surface area contributed by atoms with Crippen molar-refractivity contribution in [3.63, 3.8) is 0 Å². The van der Waals surface area contributed by atoms with Gasteiger partial charge in [0.05, 0.1) is 16.5 Å². The van der Waals surface area contributed by atoms with E-state index in [1.54, 1.807) is 0 Å². The number of aromatic nitrogens is 1. The van der Waals surface area contributed by atoms with Crippen LogP contribution in [0.5, 0.6) is 0 Å². The molecule has 0 N–H and O–H groups in total. The van der Waals surface area contributed by atoms with Crippen molar-refractivity contribution < 1.29 is 14.5 Å². The number of benzene rings is 2. The molecule has 7 nitrogen and oxygen atoms in total. The lowest BCUT2D eigenvalue weighted by atomic mass is 9.97. The topological polar surface area (TPSA) is 85.4 Å². The monoisotopic (exact) mass is 349 g/mol. The maximum Gasteiger partial charge on any atom is 0.271 e. The fourth-order valence-corrected chi connectivity index (χ4v) is 3.54. The minimum absolute atomic E-state index is 0.0511. The summed E-state index contributed by atoms with van der Waals surface area (Å²) >= 11 is 0. The molecule has 0 saturated carbocycles. The van der Waals surface area contributed by atoms with Crippen molar-refractivity contribution in [2.45, 2.75) is 12.3 Å². The Morgan fingerprint density at radius 1 is 1.12 bits per heavy atom. The van der Waals surface area contributed by atoms with Gasteiger partial charge in [-0.3, -0.25) is 19.7 Å². The Morgan fingerprint density at radius 2 is 1.88 bits per heavy atom. The Kier molecular flexibility index (Phi) is 3.57. The molecular formula is C19H15N3O4. The Hall–Kier alpha value is -3.48. The number of anilines is 1. The van der Waals surface area contributed by atoms with Gasteiger partial charge in [0.15, 0.2) is 0 Å². The fraction of sp³-hybridized carbons (Fsp3) is 0.158. The van der Waals surface area contributed by atoms with Gasteiger partial charge < -0.3 is 4.57 Å². The number of amides is 2. The predicted molar refractivity (Wildman–Crippen MR) is 95.9 cm³/mol. The summed E-state index contributed by atoms with van der Waals surface area (Å²) in [6, 6.07) is 13.3. The third kappa shape index (κ3) is 2.36. The molecule has 2 amide bonds. The number of hydrogen-bond acceptors (Lipinski definition) is 4. The highest BCUT2D eigenvalue weighted by molar-refractivity contribution is 6.23. The maximum atomic E-state index is 13.0. The van der Waals surface area contributed by atoms with Crippen molar-refractivity contribution in [3.8, 4) is 0 Å². The van der Waals surface area contributed by atoms with E-state index >= 15 is 0 Å². The average Bonchev–Trinajstić information content (AvgIpc) is 3.12. The molecule has 1 aliphatic rings. The number of nitro benzene ring substituents is 1. The highest BCUT2D eigenvalue weighted by Gasteiger charge is 2.41. The molecule has 1 aliphatic heterocycles. The van der Waals surface area contributed by atoms with Crippen LogP contribution in [0.1, 0.15) is 17.9 Å². The number of nitrogens with zero attached hydrogens (tertiary/aromatic N) is 3. The van der Waals surface area contributed by atoms with Crippen molar-refractivity contribution in [1.82, 2.24) is 4.57 Å². The van der Waals surface area contributed by atoms with Gasteiger partial charge >= 0.3 is 0 Å². The number of nitro groups is 1. The van der Waals surface area contributed by atoms with Crippen LogP contribution < -0.4 is 4.90 Å². The molecule has 26 heavy (non-hydrogen) atoms. The van der Waals surface area contributed by atoms with Crippen LogP contribution in [0.25, 0.3) is 10.9 Å². The van der Waals surface area contributed by atoms with E-state index in [-0.39, 0.29) is 29.6 Å². The van der Waals surface area contributed by atoms with Gasteiger partial charge in [0.1, 0.15) is 0 Å². The van der Waals surface area contributed by atoms with Crippen LogP contribution in [0.2, 0.25) is 0 Å². The summed E-state index contributed by atoms with van der Waals surface area (Å²) in [5.41, 5.74) is 1.86. The van der Waals surface area contributed by atoms with E-state index in [4.69, 9.17) is 0 Å².